The number of aromatic nitrogens is 4. The number of amides is 1. The monoisotopic (exact) mass is 407 g/mol. The molecule has 3 aromatic carbocycles. The molecule has 0 aliphatic rings. The van der Waals surface area contributed by atoms with Crippen molar-refractivity contribution >= 4 is 16.9 Å². The molecule has 0 unspecified atom stereocenters. The summed E-state index contributed by atoms with van der Waals surface area (Å²) in [7, 11) is 0. The van der Waals surface area contributed by atoms with Crippen LogP contribution >= 0.6 is 0 Å². The minimum Gasteiger partial charge on any atom is -0.347 e. The molecule has 2 aromatic heterocycles. The highest BCUT2D eigenvalue weighted by Crippen LogP contribution is 2.17. The van der Waals surface area contributed by atoms with Crippen molar-refractivity contribution in [3.05, 3.63) is 108 Å². The maximum absolute atomic E-state index is 12.5. The Morgan fingerprint density at radius 3 is 2.48 bits per heavy atom. The van der Waals surface area contributed by atoms with Gasteiger partial charge in [0.05, 0.1) is 23.1 Å². The molecule has 0 radical (unpaired) electrons. The largest absolute Gasteiger partial charge is 0.347 e. The van der Waals surface area contributed by atoms with E-state index in [-0.39, 0.29) is 5.91 Å². The Morgan fingerprint density at radius 1 is 0.903 bits per heavy atom. The first kappa shape index (κ1) is 18.8. The zero-order chi connectivity index (χ0) is 21.0. The van der Waals surface area contributed by atoms with Crippen LogP contribution in [-0.2, 0) is 13.1 Å². The number of nitrogens with zero attached hydrogens (tertiary/aromatic N) is 3. The third-order valence-corrected chi connectivity index (χ3v) is 5.25. The molecule has 0 fully saturated rings. The molecule has 31 heavy (non-hydrogen) atoms. The average molecular weight is 407 g/mol. The van der Waals surface area contributed by atoms with Gasteiger partial charge in [0.1, 0.15) is 5.69 Å². The van der Waals surface area contributed by atoms with Gasteiger partial charge in [0.15, 0.2) is 0 Å². The van der Waals surface area contributed by atoms with Crippen molar-refractivity contribution in [3.63, 3.8) is 0 Å². The maximum atomic E-state index is 12.5. The zero-order valence-corrected chi connectivity index (χ0v) is 16.8. The summed E-state index contributed by atoms with van der Waals surface area (Å²) in [5, 5.41) is 10.00. The van der Waals surface area contributed by atoms with Gasteiger partial charge in [-0.1, -0.05) is 66.7 Å². The van der Waals surface area contributed by atoms with Gasteiger partial charge < -0.3 is 9.88 Å². The van der Waals surface area contributed by atoms with Crippen molar-refractivity contribution in [2.45, 2.75) is 13.1 Å². The van der Waals surface area contributed by atoms with Gasteiger partial charge >= 0.3 is 0 Å². The molecule has 0 bridgehead atoms. The number of hydrogen-bond donors (Lipinski definition) is 2. The molecule has 6 nitrogen and oxygen atoms in total. The number of benzene rings is 3. The fourth-order valence-corrected chi connectivity index (χ4v) is 3.57. The number of fused-ring (bicyclic) bond motifs is 1. The Kier molecular flexibility index (Phi) is 5.02. The molecular weight excluding hydrogens is 386 g/mol. The fraction of sp³-hybridized carbons (Fsp3) is 0.0800. The molecule has 0 aliphatic carbocycles. The van der Waals surface area contributed by atoms with Crippen LogP contribution in [0.5, 0.6) is 0 Å². The Hall–Kier alpha value is -4.19. The summed E-state index contributed by atoms with van der Waals surface area (Å²) in [6, 6.07) is 27.9. The fourth-order valence-electron chi connectivity index (χ4n) is 3.57. The summed E-state index contributed by atoms with van der Waals surface area (Å²) in [5.41, 5.74) is 6.50. The van der Waals surface area contributed by atoms with Gasteiger partial charge in [0.25, 0.3) is 5.91 Å². The van der Waals surface area contributed by atoms with Crippen LogP contribution in [0.4, 0.5) is 0 Å². The third kappa shape index (κ3) is 4.09. The average Bonchev–Trinajstić information content (AvgIpc) is 3.47. The number of nitrogens with one attached hydrogen (secondary N) is 2. The predicted molar refractivity (Wildman–Crippen MR) is 120 cm³/mol. The van der Waals surface area contributed by atoms with Crippen LogP contribution in [0.3, 0.4) is 0 Å². The van der Waals surface area contributed by atoms with Crippen LogP contribution in [0.1, 0.15) is 21.6 Å². The molecule has 0 aliphatic heterocycles. The van der Waals surface area contributed by atoms with Crippen LogP contribution in [-0.4, -0.2) is 25.7 Å². The van der Waals surface area contributed by atoms with E-state index in [1.165, 1.54) is 5.56 Å². The van der Waals surface area contributed by atoms with Gasteiger partial charge in [-0.2, -0.15) is 5.10 Å². The number of carbonyl (C=O) groups is 1. The predicted octanol–water partition coefficient (Wildman–Crippen LogP) is 4.40. The molecule has 0 atom stereocenters. The van der Waals surface area contributed by atoms with Crippen LogP contribution in [0.15, 0.2) is 91.3 Å². The lowest BCUT2D eigenvalue weighted by Gasteiger charge is -2.07. The lowest BCUT2D eigenvalue weighted by molar-refractivity contribution is 0.0946. The topological polar surface area (TPSA) is 75.6 Å². The number of hydrogen-bond acceptors (Lipinski definition) is 3. The summed E-state index contributed by atoms with van der Waals surface area (Å²) >= 11 is 0. The quantitative estimate of drug-likeness (QED) is 0.438. The van der Waals surface area contributed by atoms with E-state index in [2.05, 4.69) is 43.3 Å². The van der Waals surface area contributed by atoms with E-state index >= 15 is 0 Å². The Balaban J connectivity index is 1.20. The van der Waals surface area contributed by atoms with E-state index in [1.807, 2.05) is 67.0 Å². The first-order chi connectivity index (χ1) is 15.3. The summed E-state index contributed by atoms with van der Waals surface area (Å²) in [6.07, 6.45) is 1.87. The van der Waals surface area contributed by atoms with Crippen molar-refractivity contribution in [1.82, 2.24) is 25.1 Å². The van der Waals surface area contributed by atoms with E-state index in [0.29, 0.717) is 12.2 Å². The first-order valence-electron chi connectivity index (χ1n) is 10.1. The second-order valence-electron chi connectivity index (χ2n) is 7.39. The molecular formula is C25H21N5O. The van der Waals surface area contributed by atoms with E-state index in [0.717, 1.165) is 34.4 Å². The lowest BCUT2D eigenvalue weighted by atomic mass is 10.1. The van der Waals surface area contributed by atoms with Gasteiger partial charge in [0, 0.05) is 18.7 Å². The number of carbonyl (C=O) groups excluding carboxylic acids is 1. The van der Waals surface area contributed by atoms with Crippen molar-refractivity contribution in [2.24, 2.45) is 0 Å². The standard InChI is InChI=1S/C25H21N5O/c31-25(23-14-22(28-29-23)20-6-2-1-3-7-20)26-15-18-10-12-19(13-11-18)16-30-17-27-21-8-4-5-9-24(21)30/h1-14,17H,15-16H2,(H,26,31)(H,28,29). The molecule has 2 N–H and O–H groups in total. The Labute approximate surface area is 179 Å². The minimum atomic E-state index is -0.177. The summed E-state index contributed by atoms with van der Waals surface area (Å²) in [6.45, 7) is 1.20. The van der Waals surface area contributed by atoms with Crippen LogP contribution in [0, 0.1) is 0 Å². The molecule has 152 valence electrons. The molecule has 6 heteroatoms. The van der Waals surface area contributed by atoms with E-state index < -0.39 is 0 Å². The molecule has 0 saturated heterocycles. The summed E-state index contributed by atoms with van der Waals surface area (Å²) in [5.74, 6) is -0.177. The second kappa shape index (κ2) is 8.28. The highest BCUT2D eigenvalue weighted by atomic mass is 16.1. The normalized spacial score (nSPS) is 11.0. The van der Waals surface area contributed by atoms with Crippen molar-refractivity contribution < 1.29 is 4.79 Å². The van der Waals surface area contributed by atoms with Crippen molar-refractivity contribution in [2.75, 3.05) is 0 Å². The van der Waals surface area contributed by atoms with Crippen molar-refractivity contribution in [1.29, 1.82) is 0 Å². The number of H-pyrrole nitrogens is 1. The van der Waals surface area contributed by atoms with E-state index in [1.54, 1.807) is 6.07 Å². The second-order valence-corrected chi connectivity index (χ2v) is 7.39. The van der Waals surface area contributed by atoms with Crippen LogP contribution in [0.25, 0.3) is 22.3 Å². The highest BCUT2D eigenvalue weighted by Gasteiger charge is 2.11. The van der Waals surface area contributed by atoms with Gasteiger partial charge in [-0.05, 0) is 29.3 Å². The number of imidazole rings is 1. The molecule has 0 spiro atoms. The summed E-state index contributed by atoms with van der Waals surface area (Å²) < 4.78 is 2.13. The van der Waals surface area contributed by atoms with Crippen molar-refractivity contribution in [3.8, 4) is 11.3 Å². The van der Waals surface area contributed by atoms with Gasteiger partial charge in [0.2, 0.25) is 0 Å². The molecule has 0 saturated carbocycles. The van der Waals surface area contributed by atoms with E-state index in [4.69, 9.17) is 0 Å². The minimum absolute atomic E-state index is 0.177. The Bertz CT molecular complexity index is 1320. The van der Waals surface area contributed by atoms with Gasteiger partial charge in [-0.25, -0.2) is 4.98 Å². The smallest absolute Gasteiger partial charge is 0.269 e. The molecule has 5 rings (SSSR count). The zero-order valence-electron chi connectivity index (χ0n) is 16.8. The number of aromatic amines is 1. The summed E-state index contributed by atoms with van der Waals surface area (Å²) in [4.78, 5) is 16.9. The lowest BCUT2D eigenvalue weighted by Crippen LogP contribution is -2.23. The van der Waals surface area contributed by atoms with Gasteiger partial charge in [-0.3, -0.25) is 9.89 Å². The number of para-hydroxylation sites is 2. The van der Waals surface area contributed by atoms with Gasteiger partial charge in [-0.15, -0.1) is 0 Å². The first-order valence-corrected chi connectivity index (χ1v) is 10.1. The maximum Gasteiger partial charge on any atom is 0.269 e. The molecule has 5 aromatic rings. The third-order valence-electron chi connectivity index (χ3n) is 5.25. The molecule has 1 amide bonds. The van der Waals surface area contributed by atoms with E-state index in [9.17, 15) is 4.79 Å². The Morgan fingerprint density at radius 2 is 1.65 bits per heavy atom. The number of rotatable bonds is 6. The SMILES string of the molecule is O=C(NCc1ccc(Cn2cnc3ccccc32)cc1)c1cc(-c2ccccc2)n[nH]1. The van der Waals surface area contributed by atoms with Crippen LogP contribution in [0.2, 0.25) is 0 Å². The highest BCUT2D eigenvalue weighted by molar-refractivity contribution is 5.93. The molecule has 2 heterocycles. The van der Waals surface area contributed by atoms with Crippen LogP contribution < -0.4 is 5.32 Å².